The third-order valence-corrected chi connectivity index (χ3v) is 4.71. The Bertz CT molecular complexity index is 822. The third-order valence-electron chi connectivity index (χ3n) is 4.71. The summed E-state index contributed by atoms with van der Waals surface area (Å²) >= 11 is 0. The highest BCUT2D eigenvalue weighted by molar-refractivity contribution is 5.96. The highest BCUT2D eigenvalue weighted by Gasteiger charge is 2.24. The Morgan fingerprint density at radius 1 is 0.731 bits per heavy atom. The van der Waals surface area contributed by atoms with E-state index in [2.05, 4.69) is 0 Å². The molecule has 0 N–H and O–H groups in total. The molecule has 2 aliphatic rings. The highest BCUT2D eigenvalue weighted by atomic mass is 16.7. The number of carbonyl (C=O) groups excluding carboxylic acids is 2. The third kappa shape index (κ3) is 3.22. The molecular weight excluding hydrogens is 332 g/mol. The normalized spacial score (nSPS) is 16.3. The molecule has 0 spiro atoms. The SMILES string of the molecule is O=C(c1ccccc1)N1CCCN(C(=O)c2ccc3c(c2)OCO3)CC1. The van der Waals surface area contributed by atoms with Gasteiger partial charge in [0.25, 0.3) is 11.8 Å². The first-order chi connectivity index (χ1) is 12.7. The summed E-state index contributed by atoms with van der Waals surface area (Å²) in [6.07, 6.45) is 0.759. The van der Waals surface area contributed by atoms with Crippen LogP contribution >= 0.6 is 0 Å². The summed E-state index contributed by atoms with van der Waals surface area (Å²) in [4.78, 5) is 29.1. The topological polar surface area (TPSA) is 59.1 Å². The molecule has 134 valence electrons. The van der Waals surface area contributed by atoms with Crippen LogP contribution in [-0.2, 0) is 0 Å². The largest absolute Gasteiger partial charge is 0.454 e. The lowest BCUT2D eigenvalue weighted by atomic mass is 10.1. The summed E-state index contributed by atoms with van der Waals surface area (Å²) < 4.78 is 10.6. The first kappa shape index (κ1) is 16.4. The summed E-state index contributed by atoms with van der Waals surface area (Å²) in [6, 6.07) is 14.5. The Balaban J connectivity index is 1.43. The second-order valence-corrected chi connectivity index (χ2v) is 6.37. The van der Waals surface area contributed by atoms with Crippen molar-refractivity contribution in [2.75, 3.05) is 33.0 Å². The molecule has 1 fully saturated rings. The van der Waals surface area contributed by atoms with E-state index in [1.54, 1.807) is 23.1 Å². The minimum absolute atomic E-state index is 0.0166. The van der Waals surface area contributed by atoms with Crippen LogP contribution in [0.25, 0.3) is 0 Å². The molecule has 0 aliphatic carbocycles. The van der Waals surface area contributed by atoms with Gasteiger partial charge in [0.1, 0.15) is 0 Å². The minimum Gasteiger partial charge on any atom is -0.454 e. The maximum atomic E-state index is 12.8. The van der Waals surface area contributed by atoms with Gasteiger partial charge in [-0.15, -0.1) is 0 Å². The molecule has 26 heavy (non-hydrogen) atoms. The predicted octanol–water partition coefficient (Wildman–Crippen LogP) is 2.40. The van der Waals surface area contributed by atoms with Gasteiger partial charge in [0.05, 0.1) is 0 Å². The van der Waals surface area contributed by atoms with E-state index in [9.17, 15) is 9.59 Å². The average molecular weight is 352 g/mol. The van der Waals surface area contributed by atoms with Gasteiger partial charge in [-0.05, 0) is 36.8 Å². The molecule has 2 aliphatic heterocycles. The van der Waals surface area contributed by atoms with Crippen LogP contribution in [0.4, 0.5) is 0 Å². The van der Waals surface area contributed by atoms with Crippen LogP contribution in [0.2, 0.25) is 0 Å². The molecule has 1 saturated heterocycles. The number of hydrogen-bond acceptors (Lipinski definition) is 4. The van der Waals surface area contributed by atoms with E-state index < -0.39 is 0 Å². The lowest BCUT2D eigenvalue weighted by molar-refractivity contribution is 0.0718. The van der Waals surface area contributed by atoms with Crippen LogP contribution in [0.1, 0.15) is 27.1 Å². The van der Waals surface area contributed by atoms with Crippen molar-refractivity contribution in [3.8, 4) is 11.5 Å². The van der Waals surface area contributed by atoms with Gasteiger partial charge in [-0.2, -0.15) is 0 Å². The molecule has 2 amide bonds. The summed E-state index contributed by atoms with van der Waals surface area (Å²) in [7, 11) is 0. The number of carbonyl (C=O) groups is 2. The van der Waals surface area contributed by atoms with Crippen LogP contribution in [0.15, 0.2) is 48.5 Å². The molecular formula is C20H20N2O4. The number of amides is 2. The maximum absolute atomic E-state index is 12.8. The van der Waals surface area contributed by atoms with Crippen LogP contribution in [0.3, 0.4) is 0 Å². The smallest absolute Gasteiger partial charge is 0.254 e. The second kappa shape index (κ2) is 7.07. The Hall–Kier alpha value is -3.02. The van der Waals surface area contributed by atoms with Gasteiger partial charge in [0, 0.05) is 37.3 Å². The monoisotopic (exact) mass is 352 g/mol. The predicted molar refractivity (Wildman–Crippen MR) is 95.4 cm³/mol. The van der Waals surface area contributed by atoms with E-state index in [4.69, 9.17) is 9.47 Å². The molecule has 6 heteroatoms. The molecule has 0 aromatic heterocycles. The molecule has 0 radical (unpaired) electrons. The first-order valence-electron chi connectivity index (χ1n) is 8.75. The fourth-order valence-corrected chi connectivity index (χ4v) is 3.30. The van der Waals surface area contributed by atoms with Crippen molar-refractivity contribution in [1.82, 2.24) is 9.80 Å². The number of rotatable bonds is 2. The van der Waals surface area contributed by atoms with Crippen molar-refractivity contribution < 1.29 is 19.1 Å². The van der Waals surface area contributed by atoms with E-state index in [-0.39, 0.29) is 18.6 Å². The highest BCUT2D eigenvalue weighted by Crippen LogP contribution is 2.32. The Labute approximate surface area is 151 Å². The van der Waals surface area contributed by atoms with Gasteiger partial charge in [-0.25, -0.2) is 0 Å². The lowest BCUT2D eigenvalue weighted by Crippen LogP contribution is -2.37. The van der Waals surface area contributed by atoms with Crippen molar-refractivity contribution in [1.29, 1.82) is 0 Å². The lowest BCUT2D eigenvalue weighted by Gasteiger charge is -2.22. The van der Waals surface area contributed by atoms with E-state index in [0.29, 0.717) is 48.8 Å². The van der Waals surface area contributed by atoms with E-state index in [1.807, 2.05) is 35.2 Å². The average Bonchev–Trinajstić information content (AvgIpc) is 3.02. The molecule has 0 unspecified atom stereocenters. The molecule has 0 bridgehead atoms. The maximum Gasteiger partial charge on any atom is 0.254 e. The molecule has 2 heterocycles. The van der Waals surface area contributed by atoms with Crippen LogP contribution in [0, 0.1) is 0 Å². The zero-order valence-electron chi connectivity index (χ0n) is 14.4. The Morgan fingerprint density at radius 2 is 1.38 bits per heavy atom. The number of fused-ring (bicyclic) bond motifs is 1. The summed E-state index contributed by atoms with van der Waals surface area (Å²) in [6.45, 7) is 2.52. The van der Waals surface area contributed by atoms with Gasteiger partial charge in [-0.3, -0.25) is 9.59 Å². The first-order valence-corrected chi connectivity index (χ1v) is 8.75. The Kier molecular flexibility index (Phi) is 4.48. The van der Waals surface area contributed by atoms with Crippen molar-refractivity contribution in [3.63, 3.8) is 0 Å². The zero-order valence-corrected chi connectivity index (χ0v) is 14.4. The standard InChI is InChI=1S/C20H20N2O4/c23-19(15-5-2-1-3-6-15)21-9-4-10-22(12-11-21)20(24)16-7-8-17-18(13-16)26-14-25-17/h1-3,5-8,13H,4,9-12,14H2. The molecule has 2 aromatic carbocycles. The van der Waals surface area contributed by atoms with Crippen molar-refractivity contribution in [3.05, 3.63) is 59.7 Å². The van der Waals surface area contributed by atoms with Gasteiger partial charge in [0.2, 0.25) is 6.79 Å². The molecule has 2 aromatic rings. The number of benzene rings is 2. The second-order valence-electron chi connectivity index (χ2n) is 6.37. The number of ether oxygens (including phenoxy) is 2. The van der Waals surface area contributed by atoms with Crippen LogP contribution < -0.4 is 9.47 Å². The number of nitrogens with zero attached hydrogens (tertiary/aromatic N) is 2. The summed E-state index contributed by atoms with van der Waals surface area (Å²) in [5.41, 5.74) is 1.26. The van der Waals surface area contributed by atoms with Gasteiger partial charge < -0.3 is 19.3 Å². The quantitative estimate of drug-likeness (QED) is 0.833. The van der Waals surface area contributed by atoms with Crippen molar-refractivity contribution in [2.45, 2.75) is 6.42 Å². The zero-order chi connectivity index (χ0) is 17.9. The molecule has 0 atom stereocenters. The summed E-state index contributed by atoms with van der Waals surface area (Å²) in [5, 5.41) is 0. The number of hydrogen-bond donors (Lipinski definition) is 0. The molecule has 6 nitrogen and oxygen atoms in total. The van der Waals surface area contributed by atoms with Crippen LogP contribution in [-0.4, -0.2) is 54.6 Å². The minimum atomic E-state index is -0.0442. The van der Waals surface area contributed by atoms with E-state index >= 15 is 0 Å². The van der Waals surface area contributed by atoms with Crippen molar-refractivity contribution >= 4 is 11.8 Å². The summed E-state index contributed by atoms with van der Waals surface area (Å²) in [5.74, 6) is 1.24. The van der Waals surface area contributed by atoms with E-state index in [1.165, 1.54) is 0 Å². The van der Waals surface area contributed by atoms with Crippen LogP contribution in [0.5, 0.6) is 11.5 Å². The fourth-order valence-electron chi connectivity index (χ4n) is 3.30. The van der Waals surface area contributed by atoms with Gasteiger partial charge in [0.15, 0.2) is 11.5 Å². The Morgan fingerprint density at radius 3 is 2.12 bits per heavy atom. The van der Waals surface area contributed by atoms with Gasteiger partial charge in [-0.1, -0.05) is 18.2 Å². The van der Waals surface area contributed by atoms with Gasteiger partial charge >= 0.3 is 0 Å². The fraction of sp³-hybridized carbons (Fsp3) is 0.300. The molecule has 0 saturated carbocycles. The van der Waals surface area contributed by atoms with E-state index in [0.717, 1.165) is 6.42 Å². The molecule has 4 rings (SSSR count). The van der Waals surface area contributed by atoms with Crippen molar-refractivity contribution in [2.24, 2.45) is 0 Å².